The average Bonchev–Trinajstić information content (AvgIpc) is 2.53. The summed E-state index contributed by atoms with van der Waals surface area (Å²) in [5, 5.41) is 2.85. The molecule has 0 aliphatic heterocycles. The Hall–Kier alpha value is -2.35. The Balaban J connectivity index is 2.13. The van der Waals surface area contributed by atoms with Crippen LogP contribution in [0.2, 0.25) is 0 Å². The number of carbonyl (C=O) groups excluding carboxylic acids is 1. The van der Waals surface area contributed by atoms with Crippen molar-refractivity contribution in [3.63, 3.8) is 0 Å². The van der Waals surface area contributed by atoms with Crippen LogP contribution in [0, 0.1) is 0 Å². The first-order valence-electron chi connectivity index (χ1n) is 6.81. The third kappa shape index (κ3) is 3.82. The fourth-order valence-electron chi connectivity index (χ4n) is 2.31. The number of nitrogens with one attached hydrogen (secondary N) is 1. The van der Waals surface area contributed by atoms with Gasteiger partial charge in [-0.2, -0.15) is 0 Å². The van der Waals surface area contributed by atoms with Gasteiger partial charge in [0.05, 0.1) is 0 Å². The van der Waals surface area contributed by atoms with E-state index in [1.165, 1.54) is 17.2 Å². The quantitative estimate of drug-likeness (QED) is 0.796. The molecule has 0 atom stereocenters. The zero-order valence-corrected chi connectivity index (χ0v) is 11.5. The van der Waals surface area contributed by atoms with Crippen LogP contribution in [0.3, 0.4) is 0 Å². The summed E-state index contributed by atoms with van der Waals surface area (Å²) in [4.78, 5) is 11.2. The van der Waals surface area contributed by atoms with Gasteiger partial charge in [-0.25, -0.2) is 0 Å². The van der Waals surface area contributed by atoms with Crippen LogP contribution in [0.25, 0.3) is 0 Å². The molecule has 2 aromatic rings. The van der Waals surface area contributed by atoms with Gasteiger partial charge >= 0.3 is 0 Å². The average molecular weight is 265 g/mol. The molecule has 1 amide bonds. The van der Waals surface area contributed by atoms with Crippen LogP contribution in [0.15, 0.2) is 73.3 Å². The van der Waals surface area contributed by atoms with Crippen molar-refractivity contribution in [2.45, 2.75) is 12.3 Å². The van der Waals surface area contributed by atoms with Crippen LogP contribution in [-0.4, -0.2) is 12.5 Å². The van der Waals surface area contributed by atoms with Gasteiger partial charge in [0.1, 0.15) is 0 Å². The molecular formula is C18H19NO. The Kier molecular flexibility index (Phi) is 5.13. The van der Waals surface area contributed by atoms with Crippen molar-refractivity contribution in [3.05, 3.63) is 84.4 Å². The molecule has 0 aromatic heterocycles. The molecule has 0 saturated heterocycles. The third-order valence-electron chi connectivity index (χ3n) is 3.32. The molecule has 0 bridgehead atoms. The highest BCUT2D eigenvalue weighted by Crippen LogP contribution is 2.27. The molecule has 20 heavy (non-hydrogen) atoms. The summed E-state index contributed by atoms with van der Waals surface area (Å²) in [6, 6.07) is 20.8. The summed E-state index contributed by atoms with van der Waals surface area (Å²) in [6.45, 7) is 4.10. The lowest BCUT2D eigenvalue weighted by atomic mass is 9.88. The van der Waals surface area contributed by atoms with E-state index in [0.717, 1.165) is 6.42 Å². The second kappa shape index (κ2) is 7.29. The lowest BCUT2D eigenvalue weighted by Crippen LogP contribution is -2.23. The number of benzene rings is 2. The van der Waals surface area contributed by atoms with Crippen LogP contribution in [0.5, 0.6) is 0 Å². The Morgan fingerprint density at radius 1 is 1.00 bits per heavy atom. The first-order chi connectivity index (χ1) is 9.81. The number of hydrogen-bond acceptors (Lipinski definition) is 1. The lowest BCUT2D eigenvalue weighted by molar-refractivity contribution is -0.116. The monoisotopic (exact) mass is 265 g/mol. The molecule has 0 spiro atoms. The molecule has 1 N–H and O–H groups in total. The molecule has 2 aromatic carbocycles. The topological polar surface area (TPSA) is 29.1 Å². The maximum atomic E-state index is 11.2. The molecule has 102 valence electrons. The van der Waals surface area contributed by atoms with E-state index < -0.39 is 0 Å². The van der Waals surface area contributed by atoms with Crippen LogP contribution in [0.1, 0.15) is 23.5 Å². The second-order valence-electron chi connectivity index (χ2n) is 4.66. The van der Waals surface area contributed by atoms with Gasteiger partial charge in [-0.3, -0.25) is 4.79 Å². The molecule has 2 nitrogen and oxygen atoms in total. The van der Waals surface area contributed by atoms with Crippen LogP contribution < -0.4 is 5.32 Å². The first kappa shape index (κ1) is 14.1. The molecule has 2 rings (SSSR count). The van der Waals surface area contributed by atoms with E-state index in [4.69, 9.17) is 0 Å². The fraction of sp³-hybridized carbons (Fsp3) is 0.167. The summed E-state index contributed by atoms with van der Waals surface area (Å²) in [5.74, 6) is 0.174. The minimum Gasteiger partial charge on any atom is -0.353 e. The van der Waals surface area contributed by atoms with Gasteiger partial charge in [-0.1, -0.05) is 67.2 Å². The Labute approximate surface area is 120 Å². The van der Waals surface area contributed by atoms with Gasteiger partial charge in [0.15, 0.2) is 0 Å². The van der Waals surface area contributed by atoms with Gasteiger partial charge in [0, 0.05) is 12.5 Å². The number of hydrogen-bond donors (Lipinski definition) is 1. The summed E-state index contributed by atoms with van der Waals surface area (Å²) in [7, 11) is 0. The van der Waals surface area contributed by atoms with Crippen molar-refractivity contribution in [2.75, 3.05) is 6.54 Å². The van der Waals surface area contributed by atoms with Crippen LogP contribution in [0.4, 0.5) is 0 Å². The Morgan fingerprint density at radius 3 is 1.95 bits per heavy atom. The van der Waals surface area contributed by atoms with E-state index in [0.29, 0.717) is 12.5 Å². The van der Waals surface area contributed by atoms with Gasteiger partial charge < -0.3 is 5.32 Å². The molecule has 0 aliphatic carbocycles. The normalized spacial score (nSPS) is 10.2. The number of carbonyl (C=O) groups is 1. The molecule has 2 heteroatoms. The fourth-order valence-corrected chi connectivity index (χ4v) is 2.31. The lowest BCUT2D eigenvalue weighted by Gasteiger charge is -2.18. The van der Waals surface area contributed by atoms with Crippen molar-refractivity contribution in [1.29, 1.82) is 0 Å². The van der Waals surface area contributed by atoms with E-state index in [2.05, 4.69) is 36.2 Å². The van der Waals surface area contributed by atoms with E-state index in [1.54, 1.807) is 0 Å². The highest BCUT2D eigenvalue weighted by Gasteiger charge is 2.13. The highest BCUT2D eigenvalue weighted by molar-refractivity contribution is 5.86. The van der Waals surface area contributed by atoms with E-state index in [1.807, 2.05) is 36.4 Å². The smallest absolute Gasteiger partial charge is 0.243 e. The highest BCUT2D eigenvalue weighted by atomic mass is 16.1. The number of amides is 1. The van der Waals surface area contributed by atoms with Crippen molar-refractivity contribution < 1.29 is 4.79 Å². The van der Waals surface area contributed by atoms with Gasteiger partial charge in [-0.05, 0) is 23.6 Å². The van der Waals surface area contributed by atoms with Crippen LogP contribution in [-0.2, 0) is 4.79 Å². The zero-order valence-electron chi connectivity index (χ0n) is 11.5. The molecular weight excluding hydrogens is 246 g/mol. The maximum absolute atomic E-state index is 11.2. The molecule has 0 aliphatic rings. The maximum Gasteiger partial charge on any atom is 0.243 e. The van der Waals surface area contributed by atoms with Crippen molar-refractivity contribution in [1.82, 2.24) is 5.32 Å². The Morgan fingerprint density at radius 2 is 1.50 bits per heavy atom. The molecule has 0 heterocycles. The van der Waals surface area contributed by atoms with E-state index in [9.17, 15) is 4.79 Å². The summed E-state index contributed by atoms with van der Waals surface area (Å²) in [6.07, 6.45) is 2.17. The first-order valence-corrected chi connectivity index (χ1v) is 6.81. The largest absolute Gasteiger partial charge is 0.353 e. The SMILES string of the molecule is C=CC(=O)NCCC(c1ccccc1)c1ccccc1. The minimum atomic E-state index is -0.120. The standard InChI is InChI=1S/C18H19NO/c1-2-18(20)19-14-13-17(15-9-5-3-6-10-15)16-11-7-4-8-12-16/h2-12,17H,1,13-14H2,(H,19,20). The van der Waals surface area contributed by atoms with Crippen molar-refractivity contribution in [2.24, 2.45) is 0 Å². The minimum absolute atomic E-state index is 0.120. The van der Waals surface area contributed by atoms with Gasteiger partial charge in [0.25, 0.3) is 0 Å². The zero-order chi connectivity index (χ0) is 14.2. The third-order valence-corrected chi connectivity index (χ3v) is 3.32. The van der Waals surface area contributed by atoms with Crippen molar-refractivity contribution in [3.8, 4) is 0 Å². The van der Waals surface area contributed by atoms with E-state index in [-0.39, 0.29) is 5.91 Å². The van der Waals surface area contributed by atoms with E-state index >= 15 is 0 Å². The summed E-state index contributed by atoms with van der Waals surface area (Å²) < 4.78 is 0. The molecule has 0 unspecified atom stereocenters. The summed E-state index contributed by atoms with van der Waals surface area (Å²) in [5.41, 5.74) is 2.54. The molecule has 0 radical (unpaired) electrons. The second-order valence-corrected chi connectivity index (χ2v) is 4.66. The van der Waals surface area contributed by atoms with Gasteiger partial charge in [-0.15, -0.1) is 0 Å². The number of rotatable bonds is 6. The molecule has 0 fully saturated rings. The van der Waals surface area contributed by atoms with Crippen molar-refractivity contribution >= 4 is 5.91 Å². The molecule has 0 saturated carbocycles. The predicted molar refractivity (Wildman–Crippen MR) is 82.6 cm³/mol. The van der Waals surface area contributed by atoms with Crippen LogP contribution >= 0.6 is 0 Å². The van der Waals surface area contributed by atoms with Gasteiger partial charge in [0.2, 0.25) is 5.91 Å². The predicted octanol–water partition coefficient (Wildman–Crippen LogP) is 3.51. The Bertz CT molecular complexity index is 509. The summed E-state index contributed by atoms with van der Waals surface area (Å²) >= 11 is 0.